The number of carboxylic acids is 1. The molecular weight excluding hydrogens is 512 g/mol. The minimum atomic E-state index is -1.07. The molecule has 0 bridgehead atoms. The number of carbonyl (C=O) groups is 1. The SMILES string of the molecule is C[C@H](Oc1cc(N(C)C)ccc1C=Nn1c(C2CCCCC2)nc2ccc(Br)cc2c1=O)C(=O)O. The van der Waals surface area contributed by atoms with Crippen molar-refractivity contribution in [2.75, 3.05) is 19.0 Å². The second-order valence-corrected chi connectivity index (χ2v) is 9.96. The smallest absolute Gasteiger partial charge is 0.344 e. The molecule has 0 amide bonds. The van der Waals surface area contributed by atoms with Crippen LogP contribution in [0.25, 0.3) is 10.9 Å². The second kappa shape index (κ2) is 10.6. The van der Waals surface area contributed by atoms with Crippen molar-refractivity contribution in [1.82, 2.24) is 9.66 Å². The normalized spacial score (nSPS) is 15.4. The summed E-state index contributed by atoms with van der Waals surface area (Å²) in [5.74, 6) is 0.120. The standard InChI is InChI=1S/C26H29BrN4O4/c1-16(26(33)34)35-23-14-20(30(2)3)11-9-18(23)15-28-31-24(17-7-5-4-6-8-17)29-22-12-10-19(27)13-21(22)25(31)32/h9-17H,4-8H2,1-3H3,(H,33,34)/t16-/m0/s1. The lowest BCUT2D eigenvalue weighted by molar-refractivity contribution is -0.144. The zero-order valence-electron chi connectivity index (χ0n) is 20.1. The van der Waals surface area contributed by atoms with Crippen LogP contribution >= 0.6 is 15.9 Å². The lowest BCUT2D eigenvalue weighted by Crippen LogP contribution is -2.25. The lowest BCUT2D eigenvalue weighted by atomic mass is 9.88. The van der Waals surface area contributed by atoms with Gasteiger partial charge in [0.1, 0.15) is 11.6 Å². The van der Waals surface area contributed by atoms with Crippen molar-refractivity contribution in [3.8, 4) is 5.75 Å². The van der Waals surface area contributed by atoms with E-state index in [4.69, 9.17) is 9.72 Å². The molecule has 0 spiro atoms. The zero-order valence-corrected chi connectivity index (χ0v) is 21.7. The van der Waals surface area contributed by atoms with Gasteiger partial charge in [0, 0.05) is 41.8 Å². The number of carboxylic acid groups (broad SMARTS) is 1. The fourth-order valence-corrected chi connectivity index (χ4v) is 4.63. The van der Waals surface area contributed by atoms with Gasteiger partial charge in [-0.15, -0.1) is 0 Å². The van der Waals surface area contributed by atoms with E-state index in [1.165, 1.54) is 18.0 Å². The molecule has 1 aliphatic carbocycles. The molecule has 9 heteroatoms. The minimum Gasteiger partial charge on any atom is -0.479 e. The first-order valence-electron chi connectivity index (χ1n) is 11.7. The lowest BCUT2D eigenvalue weighted by Gasteiger charge is -2.23. The van der Waals surface area contributed by atoms with Gasteiger partial charge in [0.2, 0.25) is 0 Å². The quantitative estimate of drug-likeness (QED) is 0.423. The van der Waals surface area contributed by atoms with Crippen LogP contribution in [0.5, 0.6) is 5.75 Å². The molecule has 35 heavy (non-hydrogen) atoms. The van der Waals surface area contributed by atoms with Crippen molar-refractivity contribution in [1.29, 1.82) is 0 Å². The van der Waals surface area contributed by atoms with Crippen LogP contribution in [0.15, 0.2) is 50.8 Å². The highest BCUT2D eigenvalue weighted by atomic mass is 79.9. The first-order chi connectivity index (χ1) is 16.7. The van der Waals surface area contributed by atoms with Crippen LogP contribution in [0.3, 0.4) is 0 Å². The van der Waals surface area contributed by atoms with Crippen molar-refractivity contribution in [3.63, 3.8) is 0 Å². The molecular formula is C26H29BrN4O4. The molecule has 3 aromatic rings. The minimum absolute atomic E-state index is 0.153. The molecule has 8 nitrogen and oxygen atoms in total. The number of aliphatic carboxylic acids is 1. The first kappa shape index (κ1) is 24.9. The number of hydrogen-bond donors (Lipinski definition) is 1. The highest BCUT2D eigenvalue weighted by Crippen LogP contribution is 2.32. The number of benzene rings is 2. The monoisotopic (exact) mass is 540 g/mol. The second-order valence-electron chi connectivity index (χ2n) is 9.04. The third-order valence-corrected chi connectivity index (χ3v) is 6.77. The Balaban J connectivity index is 1.83. The van der Waals surface area contributed by atoms with Crippen LogP contribution in [0.1, 0.15) is 56.3 Å². The number of ether oxygens (including phenoxy) is 1. The van der Waals surface area contributed by atoms with E-state index in [2.05, 4.69) is 21.0 Å². The number of hydrogen-bond acceptors (Lipinski definition) is 6. The van der Waals surface area contributed by atoms with Gasteiger partial charge in [-0.3, -0.25) is 4.79 Å². The third kappa shape index (κ3) is 5.56. The van der Waals surface area contributed by atoms with Gasteiger partial charge in [-0.2, -0.15) is 9.78 Å². The van der Waals surface area contributed by atoms with Crippen LogP contribution in [-0.4, -0.2) is 47.1 Å². The Morgan fingerprint density at radius 3 is 2.66 bits per heavy atom. The predicted molar refractivity (Wildman–Crippen MR) is 141 cm³/mol. The van der Waals surface area contributed by atoms with Crippen molar-refractivity contribution >= 4 is 44.7 Å². The van der Waals surface area contributed by atoms with Gasteiger partial charge in [0.05, 0.1) is 17.1 Å². The van der Waals surface area contributed by atoms with E-state index in [0.29, 0.717) is 28.0 Å². The molecule has 0 radical (unpaired) electrons. The van der Waals surface area contributed by atoms with Crippen LogP contribution in [0.4, 0.5) is 5.69 Å². The summed E-state index contributed by atoms with van der Waals surface area (Å²) in [5, 5.41) is 14.4. The van der Waals surface area contributed by atoms with Gasteiger partial charge in [-0.05, 0) is 50.1 Å². The number of rotatable bonds is 7. The van der Waals surface area contributed by atoms with E-state index < -0.39 is 12.1 Å². The maximum atomic E-state index is 13.5. The molecule has 0 aliphatic heterocycles. The number of nitrogens with zero attached hydrogens (tertiary/aromatic N) is 4. The molecule has 184 valence electrons. The van der Waals surface area contributed by atoms with E-state index in [0.717, 1.165) is 35.8 Å². The Bertz CT molecular complexity index is 1330. The predicted octanol–water partition coefficient (Wildman–Crippen LogP) is 5.01. The molecule has 0 unspecified atom stereocenters. The fraction of sp³-hybridized carbons (Fsp3) is 0.385. The van der Waals surface area contributed by atoms with Crippen LogP contribution in [-0.2, 0) is 4.79 Å². The molecule has 1 N–H and O–H groups in total. The van der Waals surface area contributed by atoms with Gasteiger partial charge in [-0.25, -0.2) is 9.78 Å². The van der Waals surface area contributed by atoms with Gasteiger partial charge >= 0.3 is 5.97 Å². The van der Waals surface area contributed by atoms with Crippen molar-refractivity contribution in [3.05, 3.63) is 62.6 Å². The van der Waals surface area contributed by atoms with Crippen LogP contribution < -0.4 is 15.2 Å². The van der Waals surface area contributed by atoms with E-state index >= 15 is 0 Å². The topological polar surface area (TPSA) is 97.0 Å². The summed E-state index contributed by atoms with van der Waals surface area (Å²) < 4.78 is 7.91. The molecule has 1 fully saturated rings. The summed E-state index contributed by atoms with van der Waals surface area (Å²) in [4.78, 5) is 31.7. The number of aromatic nitrogens is 2. The molecule has 2 aromatic carbocycles. The summed E-state index contributed by atoms with van der Waals surface area (Å²) >= 11 is 3.44. The molecule has 0 saturated heterocycles. The molecule has 1 aliphatic rings. The summed E-state index contributed by atoms with van der Waals surface area (Å²) in [5.41, 5.74) is 1.84. The van der Waals surface area contributed by atoms with Crippen molar-refractivity contribution in [2.24, 2.45) is 5.10 Å². The Hall–Kier alpha value is -3.20. The first-order valence-corrected chi connectivity index (χ1v) is 12.5. The summed E-state index contributed by atoms with van der Waals surface area (Å²) in [7, 11) is 3.78. The number of fused-ring (bicyclic) bond motifs is 1. The van der Waals surface area contributed by atoms with Crippen molar-refractivity contribution < 1.29 is 14.6 Å². The Morgan fingerprint density at radius 1 is 1.23 bits per heavy atom. The van der Waals surface area contributed by atoms with E-state index in [9.17, 15) is 14.7 Å². The van der Waals surface area contributed by atoms with Gasteiger partial charge in [0.15, 0.2) is 6.10 Å². The Labute approximate surface area is 212 Å². The molecule has 1 atom stereocenters. The average Bonchev–Trinajstić information content (AvgIpc) is 2.84. The number of halogens is 1. The van der Waals surface area contributed by atoms with Gasteiger partial charge in [-0.1, -0.05) is 35.2 Å². The summed E-state index contributed by atoms with van der Waals surface area (Å²) in [6.07, 6.45) is 5.81. The molecule has 1 heterocycles. The average molecular weight is 541 g/mol. The van der Waals surface area contributed by atoms with Crippen LogP contribution in [0.2, 0.25) is 0 Å². The van der Waals surface area contributed by atoms with E-state index in [1.54, 1.807) is 24.4 Å². The van der Waals surface area contributed by atoms with Crippen LogP contribution in [0, 0.1) is 0 Å². The summed E-state index contributed by atoms with van der Waals surface area (Å²) in [6, 6.07) is 10.9. The summed E-state index contributed by atoms with van der Waals surface area (Å²) in [6.45, 7) is 1.47. The maximum Gasteiger partial charge on any atom is 0.344 e. The van der Waals surface area contributed by atoms with Gasteiger partial charge in [0.25, 0.3) is 5.56 Å². The maximum absolute atomic E-state index is 13.5. The zero-order chi connectivity index (χ0) is 25.1. The van der Waals surface area contributed by atoms with Gasteiger partial charge < -0.3 is 14.7 Å². The largest absolute Gasteiger partial charge is 0.479 e. The molecule has 1 saturated carbocycles. The van der Waals surface area contributed by atoms with Crippen molar-refractivity contribution in [2.45, 2.75) is 51.0 Å². The third-order valence-electron chi connectivity index (χ3n) is 6.28. The fourth-order valence-electron chi connectivity index (χ4n) is 4.27. The highest BCUT2D eigenvalue weighted by Gasteiger charge is 2.23. The van der Waals surface area contributed by atoms with E-state index in [1.807, 2.05) is 37.2 Å². The Morgan fingerprint density at radius 2 is 1.97 bits per heavy atom. The van der Waals surface area contributed by atoms with E-state index in [-0.39, 0.29) is 11.5 Å². The Kier molecular flexibility index (Phi) is 7.54. The molecule has 4 rings (SSSR count). The number of anilines is 1. The highest BCUT2D eigenvalue weighted by molar-refractivity contribution is 9.10. The molecule has 1 aromatic heterocycles.